The summed E-state index contributed by atoms with van der Waals surface area (Å²) in [6.07, 6.45) is 0. The minimum absolute atomic E-state index is 0.0770. The van der Waals surface area contributed by atoms with Gasteiger partial charge in [0.05, 0.1) is 17.5 Å². The van der Waals surface area contributed by atoms with E-state index in [9.17, 15) is 22.0 Å². The molecule has 2 N–H and O–H groups in total. The Bertz CT molecular complexity index is 919. The van der Waals surface area contributed by atoms with Crippen LogP contribution in [0.15, 0.2) is 47.4 Å². The molecule has 2 aromatic rings. The highest BCUT2D eigenvalue weighted by Gasteiger charge is 2.18. The van der Waals surface area contributed by atoms with Crippen LogP contribution in [0.2, 0.25) is 0 Å². The highest BCUT2D eigenvalue weighted by molar-refractivity contribution is 7.89. The molecule has 0 saturated carbocycles. The topological polar surface area (TPSA) is 84.5 Å². The molecule has 0 aliphatic rings. The minimum atomic E-state index is -3.79. The average Bonchev–Trinajstić information content (AvgIpc) is 2.61. The lowest BCUT2D eigenvalue weighted by Crippen LogP contribution is -2.29. The van der Waals surface area contributed by atoms with Crippen LogP contribution in [0.4, 0.5) is 8.78 Å². The zero-order valence-corrected chi connectivity index (χ0v) is 15.6. The smallest absolute Gasteiger partial charge is 0.251 e. The molecule has 0 bridgehead atoms. The maximum atomic E-state index is 13.8. The largest absolute Gasteiger partial charge is 0.383 e. The van der Waals surface area contributed by atoms with Crippen LogP contribution in [-0.4, -0.2) is 34.6 Å². The molecular weight excluding hydrogens is 378 g/mol. The van der Waals surface area contributed by atoms with Crippen molar-refractivity contribution in [2.24, 2.45) is 0 Å². The van der Waals surface area contributed by atoms with Crippen LogP contribution in [0.25, 0.3) is 0 Å². The van der Waals surface area contributed by atoms with Gasteiger partial charge in [0.25, 0.3) is 5.91 Å². The van der Waals surface area contributed by atoms with Gasteiger partial charge < -0.3 is 10.1 Å². The predicted molar refractivity (Wildman–Crippen MR) is 95.7 cm³/mol. The van der Waals surface area contributed by atoms with E-state index in [4.69, 9.17) is 4.74 Å². The first-order valence-corrected chi connectivity index (χ1v) is 9.57. The van der Waals surface area contributed by atoms with Gasteiger partial charge in [-0.2, -0.15) is 0 Å². The number of hydrogen-bond acceptors (Lipinski definition) is 4. The van der Waals surface area contributed by atoms with E-state index in [0.29, 0.717) is 0 Å². The molecule has 6 nitrogen and oxygen atoms in total. The van der Waals surface area contributed by atoms with Crippen molar-refractivity contribution in [2.75, 3.05) is 20.3 Å². The van der Waals surface area contributed by atoms with Crippen molar-refractivity contribution in [3.8, 4) is 0 Å². The highest BCUT2D eigenvalue weighted by atomic mass is 32.2. The van der Waals surface area contributed by atoms with E-state index in [-0.39, 0.29) is 29.2 Å². The number of carbonyl (C=O) groups is 1. The summed E-state index contributed by atoms with van der Waals surface area (Å²) in [4.78, 5) is 12.3. The molecule has 0 fully saturated rings. The van der Waals surface area contributed by atoms with E-state index in [1.54, 1.807) is 6.92 Å². The van der Waals surface area contributed by atoms with Gasteiger partial charge in [0, 0.05) is 30.8 Å². The Morgan fingerprint density at radius 3 is 2.59 bits per heavy atom. The van der Waals surface area contributed by atoms with Crippen molar-refractivity contribution in [2.45, 2.75) is 17.9 Å². The first-order chi connectivity index (χ1) is 12.7. The summed E-state index contributed by atoms with van der Waals surface area (Å²) in [7, 11) is -2.34. The second-order valence-corrected chi connectivity index (χ2v) is 7.55. The molecular formula is C18H20F2N2O4S. The second-order valence-electron chi connectivity index (χ2n) is 5.78. The van der Waals surface area contributed by atoms with Gasteiger partial charge in [-0.15, -0.1) is 0 Å². The van der Waals surface area contributed by atoms with Crippen LogP contribution in [0, 0.1) is 11.6 Å². The lowest BCUT2D eigenvalue weighted by atomic mass is 10.1. The summed E-state index contributed by atoms with van der Waals surface area (Å²) >= 11 is 0. The number of hydrogen-bond donors (Lipinski definition) is 2. The SMILES string of the molecule is COCCNS(=O)(=O)c1cccc(C(=O)NC(C)c2ccc(F)cc2F)c1. The Hall–Kier alpha value is -2.36. The highest BCUT2D eigenvalue weighted by Crippen LogP contribution is 2.19. The number of nitrogens with one attached hydrogen (secondary N) is 2. The first kappa shape index (κ1) is 20.9. The molecule has 146 valence electrons. The van der Waals surface area contributed by atoms with Crippen LogP contribution in [0.3, 0.4) is 0 Å². The Kier molecular flexibility index (Phi) is 7.00. The summed E-state index contributed by atoms with van der Waals surface area (Å²) in [5, 5.41) is 2.57. The van der Waals surface area contributed by atoms with Crippen molar-refractivity contribution in [1.29, 1.82) is 0 Å². The predicted octanol–water partition coefficient (Wildman–Crippen LogP) is 2.38. The third kappa shape index (κ3) is 5.56. The molecule has 1 amide bonds. The second kappa shape index (κ2) is 9.03. The summed E-state index contributed by atoms with van der Waals surface area (Å²) in [5.74, 6) is -2.07. The fourth-order valence-corrected chi connectivity index (χ4v) is 3.43. The van der Waals surface area contributed by atoms with E-state index in [1.165, 1.54) is 37.4 Å². The lowest BCUT2D eigenvalue weighted by Gasteiger charge is -2.15. The van der Waals surface area contributed by atoms with E-state index < -0.39 is 33.6 Å². The Labute approximate surface area is 156 Å². The molecule has 0 saturated heterocycles. The van der Waals surface area contributed by atoms with E-state index in [1.807, 2.05) is 0 Å². The summed E-state index contributed by atoms with van der Waals surface area (Å²) < 4.78 is 58.4. The molecule has 0 aliphatic carbocycles. The quantitative estimate of drug-likeness (QED) is 0.669. The van der Waals surface area contributed by atoms with Gasteiger partial charge in [-0.1, -0.05) is 12.1 Å². The molecule has 0 heterocycles. The molecule has 1 unspecified atom stereocenters. The third-order valence-corrected chi connectivity index (χ3v) is 5.24. The van der Waals surface area contributed by atoms with Gasteiger partial charge in [-0.25, -0.2) is 21.9 Å². The summed E-state index contributed by atoms with van der Waals surface area (Å²) in [5.41, 5.74) is 0.216. The molecule has 0 aromatic heterocycles. The molecule has 2 aromatic carbocycles. The zero-order valence-electron chi connectivity index (χ0n) is 14.8. The molecule has 1 atom stereocenters. The molecule has 0 aliphatic heterocycles. The first-order valence-electron chi connectivity index (χ1n) is 8.09. The van der Waals surface area contributed by atoms with Gasteiger partial charge in [0.1, 0.15) is 11.6 Å². The molecule has 0 spiro atoms. The fraction of sp³-hybridized carbons (Fsp3) is 0.278. The Morgan fingerprint density at radius 2 is 1.93 bits per heavy atom. The maximum absolute atomic E-state index is 13.8. The zero-order chi connectivity index (χ0) is 20.0. The maximum Gasteiger partial charge on any atom is 0.251 e. The summed E-state index contributed by atoms with van der Waals surface area (Å²) in [6, 6.07) is 7.79. The van der Waals surface area contributed by atoms with Crippen molar-refractivity contribution in [1.82, 2.24) is 10.0 Å². The summed E-state index contributed by atoms with van der Waals surface area (Å²) in [6.45, 7) is 1.84. The number of halogens is 2. The van der Waals surface area contributed by atoms with Gasteiger partial charge in [0.15, 0.2) is 0 Å². The fourth-order valence-electron chi connectivity index (χ4n) is 2.38. The Balaban J connectivity index is 2.15. The van der Waals surface area contributed by atoms with E-state index in [0.717, 1.165) is 12.1 Å². The minimum Gasteiger partial charge on any atom is -0.383 e. The number of sulfonamides is 1. The number of methoxy groups -OCH3 is 1. The lowest BCUT2D eigenvalue weighted by molar-refractivity contribution is 0.0939. The standard InChI is InChI=1S/C18H20F2N2O4S/c1-12(16-7-6-14(19)11-17(16)20)22-18(23)13-4-3-5-15(10-13)27(24,25)21-8-9-26-2/h3-7,10-12,21H,8-9H2,1-2H3,(H,22,23). The average molecular weight is 398 g/mol. The molecule has 0 radical (unpaired) electrons. The van der Waals surface area contributed by atoms with Crippen LogP contribution in [0.1, 0.15) is 28.9 Å². The normalized spacial score (nSPS) is 12.6. The van der Waals surface area contributed by atoms with Crippen molar-refractivity contribution in [3.63, 3.8) is 0 Å². The van der Waals surface area contributed by atoms with E-state index >= 15 is 0 Å². The van der Waals surface area contributed by atoms with Crippen LogP contribution < -0.4 is 10.0 Å². The van der Waals surface area contributed by atoms with Crippen molar-refractivity contribution >= 4 is 15.9 Å². The number of rotatable bonds is 8. The van der Waals surface area contributed by atoms with Gasteiger partial charge in [0.2, 0.25) is 10.0 Å². The van der Waals surface area contributed by atoms with Crippen molar-refractivity contribution in [3.05, 3.63) is 65.2 Å². The van der Waals surface area contributed by atoms with E-state index in [2.05, 4.69) is 10.0 Å². The number of benzene rings is 2. The number of carbonyl (C=O) groups excluding carboxylic acids is 1. The molecule has 2 rings (SSSR count). The third-order valence-electron chi connectivity index (χ3n) is 3.78. The van der Waals surface area contributed by atoms with Gasteiger partial charge >= 0.3 is 0 Å². The van der Waals surface area contributed by atoms with Crippen LogP contribution in [-0.2, 0) is 14.8 Å². The molecule has 9 heteroatoms. The number of amides is 1. The van der Waals surface area contributed by atoms with Crippen LogP contribution >= 0.6 is 0 Å². The van der Waals surface area contributed by atoms with Crippen LogP contribution in [0.5, 0.6) is 0 Å². The molecule has 27 heavy (non-hydrogen) atoms. The van der Waals surface area contributed by atoms with Gasteiger partial charge in [-0.3, -0.25) is 4.79 Å². The van der Waals surface area contributed by atoms with Crippen molar-refractivity contribution < 1.29 is 26.7 Å². The number of ether oxygens (including phenoxy) is 1. The van der Waals surface area contributed by atoms with Gasteiger partial charge in [-0.05, 0) is 31.2 Å². The Morgan fingerprint density at radius 1 is 1.19 bits per heavy atom. The monoisotopic (exact) mass is 398 g/mol.